The maximum atomic E-state index is 6.30. The van der Waals surface area contributed by atoms with Crippen molar-refractivity contribution in [2.24, 2.45) is 0 Å². The van der Waals surface area contributed by atoms with Gasteiger partial charge in [-0.3, -0.25) is 0 Å². The molecular formula is C18H19NO. The molecule has 4 rings (SSSR count). The van der Waals surface area contributed by atoms with E-state index in [4.69, 9.17) is 4.74 Å². The van der Waals surface area contributed by atoms with Crippen LogP contribution in [-0.2, 0) is 12.8 Å². The predicted molar refractivity (Wildman–Crippen MR) is 81.4 cm³/mol. The molecule has 1 heterocycles. The van der Waals surface area contributed by atoms with Crippen LogP contribution in [0, 0.1) is 0 Å². The van der Waals surface area contributed by atoms with Gasteiger partial charge in [0.15, 0.2) is 0 Å². The second kappa shape index (κ2) is 4.55. The van der Waals surface area contributed by atoms with Crippen LogP contribution < -0.4 is 10.1 Å². The molecule has 1 aliphatic heterocycles. The van der Waals surface area contributed by atoms with Gasteiger partial charge in [-0.05, 0) is 48.1 Å². The summed E-state index contributed by atoms with van der Waals surface area (Å²) in [6, 6.07) is 15.6. The first kappa shape index (κ1) is 11.8. The maximum absolute atomic E-state index is 6.30. The summed E-state index contributed by atoms with van der Waals surface area (Å²) in [7, 11) is 0. The Morgan fingerprint density at radius 3 is 3.00 bits per heavy atom. The van der Waals surface area contributed by atoms with Crippen LogP contribution in [0.2, 0.25) is 0 Å². The lowest BCUT2D eigenvalue weighted by Crippen LogP contribution is -2.38. The molecule has 0 bridgehead atoms. The second-order valence-electron chi connectivity index (χ2n) is 5.71. The number of benzene rings is 2. The number of hydrogen-bond donors (Lipinski definition) is 1. The third-order valence-electron chi connectivity index (χ3n) is 4.50. The summed E-state index contributed by atoms with van der Waals surface area (Å²) >= 11 is 0. The molecule has 102 valence electrons. The van der Waals surface area contributed by atoms with Gasteiger partial charge >= 0.3 is 0 Å². The summed E-state index contributed by atoms with van der Waals surface area (Å²) in [4.78, 5) is 0. The number of hydrogen-bond acceptors (Lipinski definition) is 2. The molecular weight excluding hydrogens is 246 g/mol. The highest BCUT2D eigenvalue weighted by Gasteiger charge is 2.35. The summed E-state index contributed by atoms with van der Waals surface area (Å²) in [5.74, 6) is 0.986. The SMILES string of the molecule is CCc1ccc2c(c1)NC1CCc3ccccc3C1O2. The number of rotatable bonds is 1. The zero-order chi connectivity index (χ0) is 13.5. The zero-order valence-corrected chi connectivity index (χ0v) is 11.7. The van der Waals surface area contributed by atoms with Gasteiger partial charge in [-0.25, -0.2) is 0 Å². The molecule has 20 heavy (non-hydrogen) atoms. The molecule has 2 aromatic carbocycles. The summed E-state index contributed by atoms with van der Waals surface area (Å²) in [5.41, 5.74) is 5.30. The van der Waals surface area contributed by atoms with Crippen LogP contribution in [0.25, 0.3) is 0 Å². The molecule has 0 aromatic heterocycles. The largest absolute Gasteiger partial charge is 0.481 e. The van der Waals surface area contributed by atoms with Crippen molar-refractivity contribution in [1.82, 2.24) is 0 Å². The molecule has 0 saturated carbocycles. The van der Waals surface area contributed by atoms with E-state index < -0.39 is 0 Å². The summed E-state index contributed by atoms with van der Waals surface area (Å²) in [6.45, 7) is 2.19. The van der Waals surface area contributed by atoms with E-state index in [-0.39, 0.29) is 6.10 Å². The van der Waals surface area contributed by atoms with E-state index in [0.29, 0.717) is 6.04 Å². The van der Waals surface area contributed by atoms with Crippen LogP contribution in [-0.4, -0.2) is 6.04 Å². The average Bonchev–Trinajstić information content (AvgIpc) is 2.52. The Balaban J connectivity index is 1.74. The number of anilines is 1. The van der Waals surface area contributed by atoms with Crippen LogP contribution in [0.1, 0.15) is 36.1 Å². The van der Waals surface area contributed by atoms with Gasteiger partial charge in [-0.2, -0.15) is 0 Å². The fraction of sp³-hybridized carbons (Fsp3) is 0.333. The molecule has 2 atom stereocenters. The van der Waals surface area contributed by atoms with Crippen LogP contribution in [0.15, 0.2) is 42.5 Å². The Morgan fingerprint density at radius 1 is 1.20 bits per heavy atom. The van der Waals surface area contributed by atoms with Gasteiger partial charge < -0.3 is 10.1 Å². The molecule has 0 radical (unpaired) electrons. The van der Waals surface area contributed by atoms with Crippen molar-refractivity contribution < 1.29 is 4.74 Å². The van der Waals surface area contributed by atoms with Crippen molar-refractivity contribution in [3.63, 3.8) is 0 Å². The number of nitrogens with one attached hydrogen (secondary N) is 1. The molecule has 2 unspecified atom stereocenters. The highest BCUT2D eigenvalue weighted by atomic mass is 16.5. The highest BCUT2D eigenvalue weighted by Crippen LogP contribution is 2.42. The van der Waals surface area contributed by atoms with Crippen molar-refractivity contribution in [3.05, 3.63) is 59.2 Å². The first-order valence-corrected chi connectivity index (χ1v) is 7.49. The maximum Gasteiger partial charge on any atom is 0.144 e. The van der Waals surface area contributed by atoms with Gasteiger partial charge in [0.25, 0.3) is 0 Å². The molecule has 1 N–H and O–H groups in total. The van der Waals surface area contributed by atoms with Gasteiger partial charge in [0.2, 0.25) is 0 Å². The lowest BCUT2D eigenvalue weighted by molar-refractivity contribution is 0.158. The Morgan fingerprint density at radius 2 is 2.10 bits per heavy atom. The molecule has 0 fully saturated rings. The third kappa shape index (κ3) is 1.79. The molecule has 0 amide bonds. The van der Waals surface area contributed by atoms with Gasteiger partial charge in [-0.1, -0.05) is 37.3 Å². The molecule has 2 aliphatic rings. The fourth-order valence-electron chi connectivity index (χ4n) is 3.36. The van der Waals surface area contributed by atoms with E-state index in [1.807, 2.05) is 0 Å². The van der Waals surface area contributed by atoms with E-state index in [9.17, 15) is 0 Å². The Hall–Kier alpha value is -1.96. The monoisotopic (exact) mass is 265 g/mol. The quantitative estimate of drug-likeness (QED) is 0.838. The Kier molecular flexibility index (Phi) is 2.69. The van der Waals surface area contributed by atoms with E-state index in [2.05, 4.69) is 54.7 Å². The Bertz CT molecular complexity index is 650. The molecule has 0 spiro atoms. The topological polar surface area (TPSA) is 21.3 Å². The van der Waals surface area contributed by atoms with Crippen molar-refractivity contribution in [1.29, 1.82) is 0 Å². The highest BCUT2D eigenvalue weighted by molar-refractivity contribution is 5.61. The molecule has 2 heteroatoms. The van der Waals surface area contributed by atoms with Crippen LogP contribution in [0.3, 0.4) is 0 Å². The van der Waals surface area contributed by atoms with E-state index >= 15 is 0 Å². The molecule has 2 nitrogen and oxygen atoms in total. The number of fused-ring (bicyclic) bond motifs is 4. The minimum atomic E-state index is 0.153. The van der Waals surface area contributed by atoms with Crippen molar-refractivity contribution in [2.45, 2.75) is 38.3 Å². The van der Waals surface area contributed by atoms with E-state index in [1.54, 1.807) is 0 Å². The second-order valence-corrected chi connectivity index (χ2v) is 5.71. The van der Waals surface area contributed by atoms with Gasteiger partial charge in [0, 0.05) is 0 Å². The first-order chi connectivity index (χ1) is 9.85. The summed E-state index contributed by atoms with van der Waals surface area (Å²) in [6.07, 6.45) is 3.49. The average molecular weight is 265 g/mol. The van der Waals surface area contributed by atoms with Crippen molar-refractivity contribution in [2.75, 3.05) is 5.32 Å². The standard InChI is InChI=1S/C18H19NO/c1-2-12-7-10-17-16(11-12)19-15-9-8-13-5-3-4-6-14(13)18(15)20-17/h3-7,10-11,15,18-19H,2,8-9H2,1H3. The van der Waals surface area contributed by atoms with Crippen molar-refractivity contribution >= 4 is 5.69 Å². The fourth-order valence-corrected chi connectivity index (χ4v) is 3.36. The number of aryl methyl sites for hydroxylation is 2. The lowest BCUT2D eigenvalue weighted by atomic mass is 9.84. The third-order valence-corrected chi connectivity index (χ3v) is 4.50. The minimum Gasteiger partial charge on any atom is -0.481 e. The van der Waals surface area contributed by atoms with Crippen LogP contribution >= 0.6 is 0 Å². The molecule has 0 saturated heterocycles. The first-order valence-electron chi connectivity index (χ1n) is 7.49. The van der Waals surface area contributed by atoms with Crippen LogP contribution in [0.5, 0.6) is 5.75 Å². The van der Waals surface area contributed by atoms with Gasteiger partial charge in [0.05, 0.1) is 11.7 Å². The summed E-state index contributed by atoms with van der Waals surface area (Å²) < 4.78 is 6.30. The normalized spacial score (nSPS) is 22.9. The smallest absolute Gasteiger partial charge is 0.144 e. The van der Waals surface area contributed by atoms with Gasteiger partial charge in [0.1, 0.15) is 11.9 Å². The van der Waals surface area contributed by atoms with E-state index in [1.165, 1.54) is 16.7 Å². The van der Waals surface area contributed by atoms with Crippen molar-refractivity contribution in [3.8, 4) is 5.75 Å². The Labute approximate surface area is 119 Å². The molecule has 1 aliphatic carbocycles. The minimum absolute atomic E-state index is 0.153. The summed E-state index contributed by atoms with van der Waals surface area (Å²) in [5, 5.41) is 3.69. The zero-order valence-electron chi connectivity index (χ0n) is 11.7. The van der Waals surface area contributed by atoms with Gasteiger partial charge in [-0.15, -0.1) is 0 Å². The molecule has 2 aromatic rings. The van der Waals surface area contributed by atoms with Crippen LogP contribution in [0.4, 0.5) is 5.69 Å². The predicted octanol–water partition coefficient (Wildman–Crippen LogP) is 4.11. The lowest BCUT2D eigenvalue weighted by Gasteiger charge is -2.39. The van der Waals surface area contributed by atoms with E-state index in [0.717, 1.165) is 30.7 Å². The number of ether oxygens (including phenoxy) is 1.